The third-order valence-corrected chi connectivity index (χ3v) is 5.66. The van der Waals surface area contributed by atoms with Gasteiger partial charge in [-0.15, -0.1) is 0 Å². The highest BCUT2D eigenvalue weighted by Crippen LogP contribution is 1.92. The van der Waals surface area contributed by atoms with Crippen molar-refractivity contribution in [2.45, 2.75) is 0 Å². The summed E-state index contributed by atoms with van der Waals surface area (Å²) in [5.41, 5.74) is 0. The number of sulfone groups is 2. The van der Waals surface area contributed by atoms with Crippen LogP contribution in [0.15, 0.2) is 0 Å². The number of rotatable bonds is 0. The monoisotopic (exact) mass is 270 g/mol. The highest BCUT2D eigenvalue weighted by Gasteiger charge is 2.14. The third-order valence-electron chi connectivity index (χ3n) is 2.36. The summed E-state index contributed by atoms with van der Waals surface area (Å²) >= 11 is 0. The molecular formula is C8H18N2O4S2. The normalized spacial score (nSPS) is 27.5. The minimum Gasteiger partial charge on any atom is -0.315 e. The van der Waals surface area contributed by atoms with Crippen LogP contribution in [-0.4, -0.2) is 66.0 Å². The molecule has 2 rings (SSSR count). The van der Waals surface area contributed by atoms with Crippen LogP contribution in [0.2, 0.25) is 0 Å². The lowest BCUT2D eigenvalue weighted by molar-refractivity contribution is 0.576. The van der Waals surface area contributed by atoms with E-state index in [1.165, 1.54) is 0 Å². The molecule has 0 saturated carbocycles. The second-order valence-electron chi connectivity index (χ2n) is 3.80. The Hall–Kier alpha value is -0.180. The molecule has 2 saturated heterocycles. The molecular weight excluding hydrogens is 252 g/mol. The fourth-order valence-electron chi connectivity index (χ4n) is 1.36. The zero-order valence-electron chi connectivity index (χ0n) is 9.11. The first-order valence-corrected chi connectivity index (χ1v) is 8.88. The zero-order valence-corrected chi connectivity index (χ0v) is 10.7. The Bertz CT molecular complexity index is 338. The van der Waals surface area contributed by atoms with Crippen molar-refractivity contribution < 1.29 is 16.8 Å². The molecule has 96 valence electrons. The van der Waals surface area contributed by atoms with E-state index in [9.17, 15) is 16.8 Å². The molecule has 2 aliphatic rings. The minimum atomic E-state index is -2.65. The predicted octanol–water partition coefficient (Wildman–Crippen LogP) is -1.99. The highest BCUT2D eigenvalue weighted by molar-refractivity contribution is 7.91. The summed E-state index contributed by atoms with van der Waals surface area (Å²) in [6.07, 6.45) is 0. The van der Waals surface area contributed by atoms with Gasteiger partial charge in [-0.3, -0.25) is 0 Å². The molecule has 6 nitrogen and oxygen atoms in total. The Morgan fingerprint density at radius 2 is 0.812 bits per heavy atom. The van der Waals surface area contributed by atoms with E-state index in [1.54, 1.807) is 0 Å². The molecule has 2 heterocycles. The maximum atomic E-state index is 10.6. The van der Waals surface area contributed by atoms with Gasteiger partial charge in [0.15, 0.2) is 19.7 Å². The summed E-state index contributed by atoms with van der Waals surface area (Å²) in [5.74, 6) is 1.25. The summed E-state index contributed by atoms with van der Waals surface area (Å²) in [4.78, 5) is 0. The van der Waals surface area contributed by atoms with Gasteiger partial charge in [0.05, 0.1) is 23.0 Å². The average molecular weight is 270 g/mol. The molecule has 0 aliphatic carbocycles. The number of hydrogen-bond acceptors (Lipinski definition) is 6. The maximum absolute atomic E-state index is 10.6. The third kappa shape index (κ3) is 5.78. The van der Waals surface area contributed by atoms with Crippen LogP contribution < -0.4 is 10.6 Å². The van der Waals surface area contributed by atoms with E-state index in [0.29, 0.717) is 49.2 Å². The van der Waals surface area contributed by atoms with Gasteiger partial charge < -0.3 is 10.6 Å². The minimum absolute atomic E-state index is 0.312. The van der Waals surface area contributed by atoms with Crippen LogP contribution in [0.3, 0.4) is 0 Å². The van der Waals surface area contributed by atoms with Gasteiger partial charge in [-0.25, -0.2) is 16.8 Å². The molecule has 0 spiro atoms. The van der Waals surface area contributed by atoms with Gasteiger partial charge in [0, 0.05) is 26.2 Å². The van der Waals surface area contributed by atoms with E-state index >= 15 is 0 Å². The van der Waals surface area contributed by atoms with Gasteiger partial charge in [-0.1, -0.05) is 0 Å². The Kier molecular flexibility index (Phi) is 5.16. The van der Waals surface area contributed by atoms with Crippen LogP contribution in [-0.2, 0) is 19.7 Å². The summed E-state index contributed by atoms with van der Waals surface area (Å²) in [6, 6.07) is 0. The lowest BCUT2D eigenvalue weighted by Gasteiger charge is -2.10. The predicted molar refractivity (Wildman–Crippen MR) is 63.0 cm³/mol. The van der Waals surface area contributed by atoms with E-state index < -0.39 is 19.7 Å². The molecule has 0 aromatic carbocycles. The van der Waals surface area contributed by atoms with E-state index in [1.807, 2.05) is 0 Å². The molecule has 0 aromatic rings. The SMILES string of the molecule is O=S1(=O)CCNCC1.O=S1(=O)CCNCC1. The second kappa shape index (κ2) is 5.95. The second-order valence-corrected chi connectivity index (χ2v) is 8.41. The molecule has 0 aromatic heterocycles. The smallest absolute Gasteiger partial charge is 0.152 e. The topological polar surface area (TPSA) is 92.3 Å². The largest absolute Gasteiger partial charge is 0.315 e. The van der Waals surface area contributed by atoms with Crippen molar-refractivity contribution in [2.24, 2.45) is 0 Å². The molecule has 8 heteroatoms. The molecule has 2 aliphatic heterocycles. The van der Waals surface area contributed by atoms with E-state index in [0.717, 1.165) is 0 Å². The van der Waals surface area contributed by atoms with Crippen LogP contribution in [0.1, 0.15) is 0 Å². The van der Waals surface area contributed by atoms with Crippen molar-refractivity contribution in [3.05, 3.63) is 0 Å². The van der Waals surface area contributed by atoms with Gasteiger partial charge in [0.25, 0.3) is 0 Å². The molecule has 16 heavy (non-hydrogen) atoms. The Morgan fingerprint density at radius 1 is 0.562 bits per heavy atom. The van der Waals surface area contributed by atoms with Gasteiger partial charge >= 0.3 is 0 Å². The van der Waals surface area contributed by atoms with Crippen LogP contribution in [0.4, 0.5) is 0 Å². The van der Waals surface area contributed by atoms with Gasteiger partial charge in [0.1, 0.15) is 0 Å². The first-order valence-electron chi connectivity index (χ1n) is 5.24. The van der Waals surface area contributed by atoms with Gasteiger partial charge in [-0.05, 0) is 0 Å². The average Bonchev–Trinajstić information content (AvgIpc) is 2.17. The summed E-state index contributed by atoms with van der Waals surface area (Å²) < 4.78 is 42.4. The van der Waals surface area contributed by atoms with Crippen molar-refractivity contribution in [3.63, 3.8) is 0 Å². The van der Waals surface area contributed by atoms with Crippen LogP contribution in [0, 0.1) is 0 Å². The van der Waals surface area contributed by atoms with Crippen molar-refractivity contribution in [3.8, 4) is 0 Å². The van der Waals surface area contributed by atoms with Gasteiger partial charge in [0.2, 0.25) is 0 Å². The molecule has 0 amide bonds. The maximum Gasteiger partial charge on any atom is 0.152 e. The molecule has 0 bridgehead atoms. The Labute approximate surface area is 96.6 Å². The van der Waals surface area contributed by atoms with Crippen LogP contribution in [0.5, 0.6) is 0 Å². The fourth-order valence-corrected chi connectivity index (χ4v) is 3.59. The van der Waals surface area contributed by atoms with E-state index in [-0.39, 0.29) is 0 Å². The van der Waals surface area contributed by atoms with Gasteiger partial charge in [-0.2, -0.15) is 0 Å². The lowest BCUT2D eigenvalue weighted by atomic mass is 10.6. The summed E-state index contributed by atoms with van der Waals surface area (Å²) in [5, 5.41) is 5.92. The number of nitrogens with one attached hydrogen (secondary N) is 2. The summed E-state index contributed by atoms with van der Waals surface area (Å²) in [7, 11) is -5.29. The molecule has 0 radical (unpaired) electrons. The fraction of sp³-hybridized carbons (Fsp3) is 1.00. The highest BCUT2D eigenvalue weighted by atomic mass is 32.2. The van der Waals surface area contributed by atoms with Crippen LogP contribution in [0.25, 0.3) is 0 Å². The molecule has 0 unspecified atom stereocenters. The van der Waals surface area contributed by atoms with E-state index in [4.69, 9.17) is 0 Å². The van der Waals surface area contributed by atoms with Crippen molar-refractivity contribution >= 4 is 19.7 Å². The zero-order chi connectivity index (χ0) is 12.1. The number of hydrogen-bond donors (Lipinski definition) is 2. The van der Waals surface area contributed by atoms with Crippen molar-refractivity contribution in [1.82, 2.24) is 10.6 Å². The molecule has 2 N–H and O–H groups in total. The van der Waals surface area contributed by atoms with E-state index in [2.05, 4.69) is 10.6 Å². The first-order chi connectivity index (χ1) is 7.41. The Balaban J connectivity index is 0.000000160. The first kappa shape index (κ1) is 13.9. The standard InChI is InChI=1S/2C4H9NO2S/c2*6-8(7)3-1-5-2-4-8/h2*5H,1-4H2. The lowest BCUT2D eigenvalue weighted by Crippen LogP contribution is -2.35. The molecule has 2 fully saturated rings. The summed E-state index contributed by atoms with van der Waals surface area (Å²) in [6.45, 7) is 2.51. The Morgan fingerprint density at radius 3 is 0.938 bits per heavy atom. The van der Waals surface area contributed by atoms with Crippen molar-refractivity contribution in [1.29, 1.82) is 0 Å². The van der Waals surface area contributed by atoms with Crippen molar-refractivity contribution in [2.75, 3.05) is 49.2 Å². The van der Waals surface area contributed by atoms with Crippen LogP contribution >= 0.6 is 0 Å². The molecule has 0 atom stereocenters. The quantitative estimate of drug-likeness (QED) is 0.529.